The van der Waals surface area contributed by atoms with Crippen LogP contribution in [-0.4, -0.2) is 77.2 Å². The number of halogens is 1. The fraction of sp³-hybridized carbons (Fsp3) is 0.385. The van der Waals surface area contributed by atoms with Gasteiger partial charge in [-0.15, -0.1) is 11.3 Å². The van der Waals surface area contributed by atoms with Gasteiger partial charge in [-0.3, -0.25) is 19.1 Å². The fourth-order valence-electron chi connectivity index (χ4n) is 8.05. The predicted molar refractivity (Wildman–Crippen MR) is 210 cm³/mol. The largest absolute Gasteiger partial charge is 0.355 e. The highest BCUT2D eigenvalue weighted by atomic mass is 35.5. The molecule has 54 heavy (non-hydrogen) atoms. The minimum atomic E-state index is -3.77. The zero-order valence-electron chi connectivity index (χ0n) is 30.0. The molecule has 8 rings (SSSR count). The Morgan fingerprint density at radius 2 is 1.93 bits per heavy atom. The van der Waals surface area contributed by atoms with Crippen LogP contribution in [0.2, 0.25) is 5.02 Å². The molecule has 276 valence electrons. The summed E-state index contributed by atoms with van der Waals surface area (Å²) in [7, 11) is -1.81. The van der Waals surface area contributed by atoms with Crippen molar-refractivity contribution in [1.29, 1.82) is 5.26 Å². The van der Waals surface area contributed by atoms with E-state index < -0.39 is 15.9 Å². The van der Waals surface area contributed by atoms with E-state index in [0.29, 0.717) is 60.5 Å². The summed E-state index contributed by atoms with van der Waals surface area (Å²) in [6.07, 6.45) is 11.4. The number of hydrogen-bond donors (Lipinski definition) is 1. The van der Waals surface area contributed by atoms with Crippen LogP contribution in [0.15, 0.2) is 46.8 Å². The number of sulfonamides is 1. The van der Waals surface area contributed by atoms with Gasteiger partial charge in [0, 0.05) is 65.5 Å². The van der Waals surface area contributed by atoms with Crippen LogP contribution in [0.25, 0.3) is 32.2 Å². The Balaban J connectivity index is 1.07. The van der Waals surface area contributed by atoms with E-state index in [-0.39, 0.29) is 34.7 Å². The van der Waals surface area contributed by atoms with E-state index in [1.807, 2.05) is 11.8 Å². The molecule has 0 radical (unpaired) electrons. The van der Waals surface area contributed by atoms with Gasteiger partial charge >= 0.3 is 0 Å². The number of piperidine rings is 1. The number of carbonyl (C=O) groups is 1. The average Bonchev–Trinajstić information content (AvgIpc) is 3.82. The lowest BCUT2D eigenvalue weighted by atomic mass is 9.75. The third-order valence-corrected chi connectivity index (χ3v) is 13.0. The van der Waals surface area contributed by atoms with Crippen molar-refractivity contribution in [2.24, 2.45) is 5.41 Å². The number of rotatable bonds is 7. The molecule has 5 aromatic rings. The second-order valence-corrected chi connectivity index (χ2v) is 17.8. The molecule has 1 amide bonds. The Kier molecular flexibility index (Phi) is 9.21. The Morgan fingerprint density at radius 3 is 2.63 bits per heavy atom. The molecule has 1 saturated heterocycles. The number of likely N-dealkylation sites (tertiary alicyclic amines) is 1. The number of nitrogens with zero attached hydrogens (tertiary/aromatic N) is 7. The topological polar surface area (TPSA) is 154 Å². The van der Waals surface area contributed by atoms with Crippen LogP contribution < -0.4 is 15.2 Å². The number of anilines is 1. The maximum absolute atomic E-state index is 14.1. The van der Waals surface area contributed by atoms with Crippen LogP contribution in [0.5, 0.6) is 0 Å². The van der Waals surface area contributed by atoms with E-state index in [9.17, 15) is 23.3 Å². The van der Waals surface area contributed by atoms with E-state index in [0.717, 1.165) is 32.2 Å². The molecule has 15 heteroatoms. The molecule has 3 fully saturated rings. The summed E-state index contributed by atoms with van der Waals surface area (Å²) in [5.74, 6) is 6.47. The highest BCUT2D eigenvalue weighted by Crippen LogP contribution is 2.62. The summed E-state index contributed by atoms with van der Waals surface area (Å²) >= 11 is 7.69. The van der Waals surface area contributed by atoms with Gasteiger partial charge in [0.25, 0.3) is 11.5 Å². The molecule has 0 bridgehead atoms. The first-order valence-electron chi connectivity index (χ1n) is 17.8. The maximum Gasteiger partial charge on any atom is 0.267 e. The van der Waals surface area contributed by atoms with E-state index in [1.165, 1.54) is 47.8 Å². The summed E-state index contributed by atoms with van der Waals surface area (Å²) in [6.45, 7) is 3.78. The molecule has 2 saturated carbocycles. The Hall–Kier alpha value is -4.86. The third-order valence-electron chi connectivity index (χ3n) is 11.2. The molecule has 12 nitrogen and oxygen atoms in total. The lowest BCUT2D eigenvalue weighted by Crippen LogP contribution is -2.52. The van der Waals surface area contributed by atoms with Crippen molar-refractivity contribution in [2.75, 3.05) is 31.3 Å². The van der Waals surface area contributed by atoms with Gasteiger partial charge in [-0.2, -0.15) is 5.26 Å². The van der Waals surface area contributed by atoms with Crippen LogP contribution in [0.3, 0.4) is 0 Å². The SMILES string of the molecule is Cc1nc2cnc(N(C)C3CCN(C4CC5(CC5)C4)CC3)c(C#N)c2c(=O)n1CC#Cc1ccc(Cl)cc1-c1ccnc2c(C(=O)NS(C)(=O)=O)csc12. The van der Waals surface area contributed by atoms with Crippen molar-refractivity contribution >= 4 is 65.8 Å². The van der Waals surface area contributed by atoms with Crippen molar-refractivity contribution in [3.8, 4) is 29.0 Å². The van der Waals surface area contributed by atoms with E-state index in [2.05, 4.69) is 42.7 Å². The number of amides is 1. The molecule has 1 aromatic carbocycles. The zero-order chi connectivity index (χ0) is 37.9. The number of carbonyl (C=O) groups excluding carboxylic acids is 1. The Bertz CT molecular complexity index is 2640. The maximum atomic E-state index is 14.1. The predicted octanol–water partition coefficient (Wildman–Crippen LogP) is 5.49. The number of pyridine rings is 2. The van der Waals surface area contributed by atoms with Gasteiger partial charge in [0.1, 0.15) is 23.3 Å². The highest BCUT2D eigenvalue weighted by Gasteiger charge is 2.54. The second kappa shape index (κ2) is 13.8. The summed E-state index contributed by atoms with van der Waals surface area (Å²) in [4.78, 5) is 45.2. The highest BCUT2D eigenvalue weighted by molar-refractivity contribution is 7.89. The lowest BCUT2D eigenvalue weighted by molar-refractivity contribution is 0.0457. The van der Waals surface area contributed by atoms with Gasteiger partial charge in [0.15, 0.2) is 0 Å². The summed E-state index contributed by atoms with van der Waals surface area (Å²) in [5, 5.41) is 12.7. The Labute approximate surface area is 321 Å². The van der Waals surface area contributed by atoms with Crippen molar-refractivity contribution in [3.63, 3.8) is 0 Å². The Morgan fingerprint density at radius 1 is 1.17 bits per heavy atom. The minimum Gasteiger partial charge on any atom is -0.355 e. The first kappa shape index (κ1) is 36.1. The number of fused-ring (bicyclic) bond motifs is 2. The van der Waals surface area contributed by atoms with Crippen LogP contribution in [0.4, 0.5) is 5.82 Å². The summed E-state index contributed by atoms with van der Waals surface area (Å²) in [5.41, 5.74) is 3.38. The van der Waals surface area contributed by atoms with Gasteiger partial charge in [-0.25, -0.2) is 23.1 Å². The van der Waals surface area contributed by atoms with E-state index in [4.69, 9.17) is 11.6 Å². The van der Waals surface area contributed by atoms with Crippen molar-refractivity contribution in [1.82, 2.24) is 29.1 Å². The number of aromatic nitrogens is 4. The molecule has 1 aliphatic heterocycles. The fourth-order valence-corrected chi connectivity index (χ4v) is 9.71. The second-order valence-electron chi connectivity index (χ2n) is 14.7. The summed E-state index contributed by atoms with van der Waals surface area (Å²) in [6, 6.07) is 10.2. The molecule has 1 N–H and O–H groups in total. The lowest BCUT2D eigenvalue weighted by Gasteiger charge is -2.47. The minimum absolute atomic E-state index is 0.00944. The number of aryl methyl sites for hydroxylation is 1. The van der Waals surface area contributed by atoms with Crippen molar-refractivity contribution in [2.45, 2.75) is 64.1 Å². The normalized spacial score (nSPS) is 17.2. The molecule has 4 aromatic heterocycles. The van der Waals surface area contributed by atoms with E-state index in [1.54, 1.807) is 42.8 Å². The van der Waals surface area contributed by atoms with Crippen molar-refractivity contribution < 1.29 is 13.2 Å². The number of hydrogen-bond acceptors (Lipinski definition) is 11. The van der Waals surface area contributed by atoms with Crippen LogP contribution in [-0.2, 0) is 16.6 Å². The number of benzene rings is 1. The van der Waals surface area contributed by atoms with Gasteiger partial charge in [-0.1, -0.05) is 23.4 Å². The van der Waals surface area contributed by atoms with E-state index >= 15 is 0 Å². The monoisotopic (exact) mass is 780 g/mol. The van der Waals surface area contributed by atoms with Crippen LogP contribution >= 0.6 is 22.9 Å². The molecule has 5 heterocycles. The number of nitriles is 1. The molecular weight excluding hydrogens is 744 g/mol. The molecule has 1 spiro atoms. The van der Waals surface area contributed by atoms with Crippen LogP contribution in [0.1, 0.15) is 65.8 Å². The molecule has 2 aliphatic carbocycles. The van der Waals surface area contributed by atoms with Gasteiger partial charge in [-0.05, 0) is 75.1 Å². The first-order valence-corrected chi connectivity index (χ1v) is 20.9. The third kappa shape index (κ3) is 6.73. The van der Waals surface area contributed by atoms with Gasteiger partial charge in [0.2, 0.25) is 10.0 Å². The van der Waals surface area contributed by atoms with Crippen molar-refractivity contribution in [3.05, 3.63) is 79.9 Å². The first-order chi connectivity index (χ1) is 25.8. The number of thiophene rings is 1. The van der Waals surface area contributed by atoms with Gasteiger partial charge < -0.3 is 9.80 Å². The van der Waals surface area contributed by atoms with Gasteiger partial charge in [0.05, 0.1) is 45.7 Å². The molecule has 0 atom stereocenters. The molecule has 0 unspecified atom stereocenters. The quantitative estimate of drug-likeness (QED) is 0.210. The smallest absolute Gasteiger partial charge is 0.267 e. The molecular formula is C39H37ClN8O4S2. The summed E-state index contributed by atoms with van der Waals surface area (Å²) < 4.78 is 27.5. The average molecular weight is 781 g/mol. The van der Waals surface area contributed by atoms with Crippen LogP contribution in [0, 0.1) is 35.5 Å². The zero-order valence-corrected chi connectivity index (χ0v) is 32.4. The standard InChI is InChI=1S/C39H37ClN8O4S2/c1-23-44-32-21-43-36(46(2)26-9-15-47(16-10-26)27-18-39(19-27)11-12-39)30(20-41)33(32)38(50)48(23)14-4-5-24-6-7-25(40)17-29(24)28-8-13-42-34-31(22-53-35(28)34)37(49)45-54(3,51)52/h6-8,13,17,21-22,26-27H,9-12,14-16,18-19H2,1-3H3,(H,45,49). The number of nitrogens with one attached hydrogen (secondary N) is 1. The molecule has 3 aliphatic rings.